The lowest BCUT2D eigenvalue weighted by molar-refractivity contribution is -0.117. The van der Waals surface area contributed by atoms with Crippen LogP contribution in [0.1, 0.15) is 32.1 Å². The molecule has 0 spiro atoms. The zero-order valence-electron chi connectivity index (χ0n) is 10.0. The normalized spacial score (nSPS) is 17.7. The Morgan fingerprint density at radius 1 is 1.44 bits per heavy atom. The predicted molar refractivity (Wildman–Crippen MR) is 77.8 cm³/mol. The van der Waals surface area contributed by atoms with Crippen LogP contribution in [0.15, 0.2) is 18.2 Å². The van der Waals surface area contributed by atoms with E-state index in [4.69, 9.17) is 5.73 Å². The number of carbonyl (C=O) groups is 1. The average molecular weight is 362 g/mol. The van der Waals surface area contributed by atoms with Crippen LogP contribution in [0.2, 0.25) is 0 Å². The Bertz CT molecular complexity index is 458. The lowest BCUT2D eigenvalue weighted by Gasteiger charge is -2.22. The van der Waals surface area contributed by atoms with Crippen molar-refractivity contribution in [1.82, 2.24) is 0 Å². The first-order valence-electron chi connectivity index (χ1n) is 6.02. The highest BCUT2D eigenvalue weighted by Gasteiger charge is 2.31. The first-order chi connectivity index (χ1) is 8.48. The molecule has 0 unspecified atom stereocenters. The molecule has 5 heteroatoms. The van der Waals surface area contributed by atoms with Gasteiger partial charge in [0.1, 0.15) is 5.82 Å². The Balaban J connectivity index is 1.98. The average Bonchev–Trinajstić information content (AvgIpc) is 2.69. The van der Waals surface area contributed by atoms with Crippen molar-refractivity contribution in [2.75, 3.05) is 5.32 Å². The van der Waals surface area contributed by atoms with Crippen LogP contribution in [0, 0.1) is 9.39 Å². The summed E-state index contributed by atoms with van der Waals surface area (Å²) in [6.45, 7) is 0. The van der Waals surface area contributed by atoms with Gasteiger partial charge in [-0.1, -0.05) is 12.8 Å². The van der Waals surface area contributed by atoms with Crippen LogP contribution in [0.25, 0.3) is 0 Å². The third-order valence-corrected chi connectivity index (χ3v) is 4.21. The predicted octanol–water partition coefficient (Wildman–Crippen LogP) is 3.03. The Morgan fingerprint density at radius 2 is 2.11 bits per heavy atom. The molecule has 18 heavy (non-hydrogen) atoms. The summed E-state index contributed by atoms with van der Waals surface area (Å²) in [5.74, 6) is -0.396. The third kappa shape index (κ3) is 3.41. The fourth-order valence-electron chi connectivity index (χ4n) is 2.36. The van der Waals surface area contributed by atoms with Gasteiger partial charge in [0.15, 0.2) is 0 Å². The monoisotopic (exact) mass is 362 g/mol. The van der Waals surface area contributed by atoms with Gasteiger partial charge in [-0.25, -0.2) is 4.39 Å². The number of rotatable bonds is 3. The van der Waals surface area contributed by atoms with Crippen molar-refractivity contribution in [3.63, 3.8) is 0 Å². The molecular formula is C13H16FIN2O. The summed E-state index contributed by atoms with van der Waals surface area (Å²) in [7, 11) is 0. The summed E-state index contributed by atoms with van der Waals surface area (Å²) in [6.07, 6.45) is 4.33. The maximum absolute atomic E-state index is 12.9. The molecule has 0 aliphatic heterocycles. The molecule has 0 heterocycles. The maximum atomic E-state index is 12.9. The van der Waals surface area contributed by atoms with E-state index in [1.54, 1.807) is 6.07 Å². The van der Waals surface area contributed by atoms with E-state index in [1.165, 1.54) is 12.1 Å². The molecule has 3 nitrogen and oxygen atoms in total. The van der Waals surface area contributed by atoms with Crippen molar-refractivity contribution in [3.8, 4) is 0 Å². The molecule has 0 radical (unpaired) electrons. The number of halogens is 2. The van der Waals surface area contributed by atoms with Crippen LogP contribution in [0.4, 0.5) is 10.1 Å². The fraction of sp³-hybridized carbons (Fsp3) is 0.462. The topological polar surface area (TPSA) is 55.1 Å². The molecule has 0 aromatic heterocycles. The summed E-state index contributed by atoms with van der Waals surface area (Å²) in [5, 5.41) is 2.80. The Labute approximate surface area is 119 Å². The number of amides is 1. The Hall–Kier alpha value is -0.690. The van der Waals surface area contributed by atoms with E-state index in [9.17, 15) is 9.18 Å². The van der Waals surface area contributed by atoms with Gasteiger partial charge in [-0.05, 0) is 53.6 Å². The number of hydrogen-bond donors (Lipinski definition) is 2. The quantitative estimate of drug-likeness (QED) is 0.813. The van der Waals surface area contributed by atoms with Gasteiger partial charge in [-0.15, -0.1) is 0 Å². The summed E-state index contributed by atoms with van der Waals surface area (Å²) < 4.78 is 13.6. The first kappa shape index (κ1) is 13.7. The molecule has 1 amide bonds. The summed E-state index contributed by atoms with van der Waals surface area (Å²) in [6, 6.07) is 4.31. The summed E-state index contributed by atoms with van der Waals surface area (Å²) in [5.41, 5.74) is 6.44. The highest BCUT2D eigenvalue weighted by molar-refractivity contribution is 14.1. The summed E-state index contributed by atoms with van der Waals surface area (Å²) >= 11 is 2.00. The molecular weight excluding hydrogens is 346 g/mol. The molecule has 1 saturated carbocycles. The van der Waals surface area contributed by atoms with E-state index < -0.39 is 0 Å². The molecule has 1 fully saturated rings. The molecule has 0 atom stereocenters. The van der Waals surface area contributed by atoms with Gasteiger partial charge in [0, 0.05) is 15.5 Å². The number of carbonyl (C=O) groups excluding carboxylic acids is 1. The highest BCUT2D eigenvalue weighted by Crippen LogP contribution is 2.30. The molecule has 1 aliphatic rings. The van der Waals surface area contributed by atoms with Crippen LogP contribution in [0.5, 0.6) is 0 Å². The number of nitrogens with two attached hydrogens (primary N) is 1. The first-order valence-corrected chi connectivity index (χ1v) is 7.10. The minimum absolute atomic E-state index is 0.0936. The standard InChI is InChI=1S/C13H16FIN2O/c14-9-3-4-11(10(15)7-9)17-12(18)8-13(16)5-1-2-6-13/h3-4,7H,1-2,5-6,8,16H2,(H,17,18). The number of nitrogens with one attached hydrogen (secondary N) is 1. The molecule has 2 rings (SSSR count). The van der Waals surface area contributed by atoms with Gasteiger partial charge < -0.3 is 11.1 Å². The highest BCUT2D eigenvalue weighted by atomic mass is 127. The summed E-state index contributed by atoms with van der Waals surface area (Å²) in [4.78, 5) is 11.9. The number of anilines is 1. The van der Waals surface area contributed by atoms with Gasteiger partial charge >= 0.3 is 0 Å². The van der Waals surface area contributed by atoms with E-state index in [2.05, 4.69) is 5.32 Å². The lowest BCUT2D eigenvalue weighted by atomic mass is 9.94. The fourth-order valence-corrected chi connectivity index (χ4v) is 2.97. The van der Waals surface area contributed by atoms with Gasteiger partial charge in [0.25, 0.3) is 0 Å². The smallest absolute Gasteiger partial charge is 0.226 e. The molecule has 1 aliphatic carbocycles. The van der Waals surface area contributed by atoms with Gasteiger partial charge in [0.05, 0.1) is 5.69 Å². The third-order valence-electron chi connectivity index (χ3n) is 3.32. The second-order valence-electron chi connectivity index (χ2n) is 4.92. The second kappa shape index (κ2) is 5.52. The maximum Gasteiger partial charge on any atom is 0.226 e. The number of benzene rings is 1. The van der Waals surface area contributed by atoms with Crippen LogP contribution < -0.4 is 11.1 Å². The Kier molecular flexibility index (Phi) is 4.21. The molecule has 0 bridgehead atoms. The van der Waals surface area contributed by atoms with E-state index in [1.807, 2.05) is 22.6 Å². The molecule has 0 saturated heterocycles. The van der Waals surface area contributed by atoms with Crippen molar-refractivity contribution in [3.05, 3.63) is 27.6 Å². The van der Waals surface area contributed by atoms with Gasteiger partial charge in [-0.2, -0.15) is 0 Å². The van der Waals surface area contributed by atoms with Crippen LogP contribution in [0.3, 0.4) is 0 Å². The molecule has 1 aromatic rings. The molecule has 98 valence electrons. The van der Waals surface area contributed by atoms with E-state index in [0.29, 0.717) is 15.7 Å². The SMILES string of the molecule is NC1(CC(=O)Nc2ccc(F)cc2I)CCCC1. The molecule has 3 N–H and O–H groups in total. The Morgan fingerprint density at radius 3 is 2.72 bits per heavy atom. The lowest BCUT2D eigenvalue weighted by Crippen LogP contribution is -2.40. The van der Waals surface area contributed by atoms with E-state index in [-0.39, 0.29) is 17.3 Å². The van der Waals surface area contributed by atoms with E-state index in [0.717, 1.165) is 25.7 Å². The zero-order chi connectivity index (χ0) is 13.2. The van der Waals surface area contributed by atoms with Crippen molar-refractivity contribution in [2.24, 2.45) is 5.73 Å². The van der Waals surface area contributed by atoms with E-state index >= 15 is 0 Å². The van der Waals surface area contributed by atoms with Crippen LogP contribution in [-0.2, 0) is 4.79 Å². The van der Waals surface area contributed by atoms with Crippen molar-refractivity contribution in [1.29, 1.82) is 0 Å². The number of hydrogen-bond acceptors (Lipinski definition) is 2. The minimum atomic E-state index is -0.352. The van der Waals surface area contributed by atoms with Crippen molar-refractivity contribution in [2.45, 2.75) is 37.6 Å². The molecule has 1 aromatic carbocycles. The van der Waals surface area contributed by atoms with Crippen LogP contribution in [-0.4, -0.2) is 11.4 Å². The second-order valence-corrected chi connectivity index (χ2v) is 6.08. The zero-order valence-corrected chi connectivity index (χ0v) is 12.2. The van der Waals surface area contributed by atoms with Crippen molar-refractivity contribution < 1.29 is 9.18 Å². The van der Waals surface area contributed by atoms with Crippen molar-refractivity contribution >= 4 is 34.2 Å². The van der Waals surface area contributed by atoms with Gasteiger partial charge in [0.2, 0.25) is 5.91 Å². The van der Waals surface area contributed by atoms with Gasteiger partial charge in [-0.3, -0.25) is 4.79 Å². The largest absolute Gasteiger partial charge is 0.325 e. The van der Waals surface area contributed by atoms with Crippen LogP contribution >= 0.6 is 22.6 Å². The minimum Gasteiger partial charge on any atom is -0.325 e.